The molecule has 0 aromatic heterocycles. The van der Waals surface area contributed by atoms with Crippen LogP contribution >= 0.6 is 0 Å². The molecule has 15 heavy (non-hydrogen) atoms. The first-order valence-corrected chi connectivity index (χ1v) is 5.61. The monoisotopic (exact) mass is 205 g/mol. The molecule has 0 aliphatic carbocycles. The predicted molar refractivity (Wildman–Crippen MR) is 61.9 cm³/mol. The number of hydrogen-bond acceptors (Lipinski definition) is 2. The van der Waals surface area contributed by atoms with Crippen molar-refractivity contribution >= 4 is 0 Å². The molecule has 2 rings (SSSR count). The third-order valence-corrected chi connectivity index (χ3v) is 2.90. The fraction of sp³-hybridized carbons (Fsp3) is 0.538. The standard InChI is InChI=1S/C13H19NO/c1-13(10-14-7-8-15-11-13)9-12-5-3-2-4-6-12/h2-6,14H,7-11H2,1H3. The topological polar surface area (TPSA) is 21.3 Å². The van der Waals surface area contributed by atoms with Gasteiger partial charge in [0.15, 0.2) is 0 Å². The van der Waals surface area contributed by atoms with Crippen molar-refractivity contribution in [1.82, 2.24) is 5.32 Å². The third-order valence-electron chi connectivity index (χ3n) is 2.90. The van der Waals surface area contributed by atoms with E-state index in [-0.39, 0.29) is 5.41 Å². The summed E-state index contributed by atoms with van der Waals surface area (Å²) in [6, 6.07) is 10.6. The number of ether oxygens (including phenoxy) is 1. The van der Waals surface area contributed by atoms with Crippen molar-refractivity contribution in [3.8, 4) is 0 Å². The quantitative estimate of drug-likeness (QED) is 0.795. The van der Waals surface area contributed by atoms with E-state index >= 15 is 0 Å². The highest BCUT2D eigenvalue weighted by Crippen LogP contribution is 2.23. The van der Waals surface area contributed by atoms with E-state index < -0.39 is 0 Å². The molecule has 1 aromatic rings. The van der Waals surface area contributed by atoms with Crippen molar-refractivity contribution in [1.29, 1.82) is 0 Å². The van der Waals surface area contributed by atoms with Crippen LogP contribution in [0.2, 0.25) is 0 Å². The van der Waals surface area contributed by atoms with Crippen LogP contribution in [-0.4, -0.2) is 26.3 Å². The van der Waals surface area contributed by atoms with Crippen molar-refractivity contribution < 1.29 is 4.74 Å². The Kier molecular flexibility index (Phi) is 3.39. The minimum Gasteiger partial charge on any atom is -0.380 e. The Morgan fingerprint density at radius 2 is 2.13 bits per heavy atom. The van der Waals surface area contributed by atoms with Crippen LogP contribution in [-0.2, 0) is 11.2 Å². The van der Waals surface area contributed by atoms with Crippen molar-refractivity contribution in [3.63, 3.8) is 0 Å². The van der Waals surface area contributed by atoms with Crippen LogP contribution in [0, 0.1) is 5.41 Å². The zero-order chi connectivity index (χ0) is 10.6. The van der Waals surface area contributed by atoms with E-state index in [1.807, 2.05) is 0 Å². The van der Waals surface area contributed by atoms with E-state index in [9.17, 15) is 0 Å². The molecular weight excluding hydrogens is 186 g/mol. The summed E-state index contributed by atoms with van der Waals surface area (Å²) in [7, 11) is 0. The predicted octanol–water partition coefficient (Wildman–Crippen LogP) is 1.86. The van der Waals surface area contributed by atoms with Crippen LogP contribution in [0.4, 0.5) is 0 Å². The lowest BCUT2D eigenvalue weighted by atomic mass is 9.84. The Morgan fingerprint density at radius 1 is 1.33 bits per heavy atom. The van der Waals surface area contributed by atoms with Crippen molar-refractivity contribution in [3.05, 3.63) is 35.9 Å². The highest BCUT2D eigenvalue weighted by atomic mass is 16.5. The summed E-state index contributed by atoms with van der Waals surface area (Å²) >= 11 is 0. The lowest BCUT2D eigenvalue weighted by Gasteiger charge is -2.27. The number of hydrogen-bond donors (Lipinski definition) is 1. The van der Waals surface area contributed by atoms with Gasteiger partial charge in [-0.15, -0.1) is 0 Å². The average Bonchev–Trinajstić information content (AvgIpc) is 2.45. The van der Waals surface area contributed by atoms with E-state index in [0.717, 1.165) is 32.7 Å². The molecule has 0 radical (unpaired) electrons. The zero-order valence-corrected chi connectivity index (χ0v) is 9.33. The van der Waals surface area contributed by atoms with Gasteiger partial charge in [-0.3, -0.25) is 0 Å². The Bertz CT molecular complexity index is 289. The molecule has 0 bridgehead atoms. The van der Waals surface area contributed by atoms with Crippen molar-refractivity contribution in [2.75, 3.05) is 26.3 Å². The Hall–Kier alpha value is -0.860. The van der Waals surface area contributed by atoms with Gasteiger partial charge in [0.25, 0.3) is 0 Å². The van der Waals surface area contributed by atoms with E-state index in [1.54, 1.807) is 0 Å². The number of rotatable bonds is 2. The van der Waals surface area contributed by atoms with Crippen molar-refractivity contribution in [2.45, 2.75) is 13.3 Å². The molecule has 1 N–H and O–H groups in total. The average molecular weight is 205 g/mol. The number of nitrogens with one attached hydrogen (secondary N) is 1. The minimum absolute atomic E-state index is 0.234. The molecule has 0 amide bonds. The van der Waals surface area contributed by atoms with Gasteiger partial charge in [0.1, 0.15) is 0 Å². The summed E-state index contributed by atoms with van der Waals surface area (Å²) in [6.07, 6.45) is 1.08. The first-order valence-electron chi connectivity index (χ1n) is 5.61. The summed E-state index contributed by atoms with van der Waals surface area (Å²) < 4.78 is 5.62. The van der Waals surface area contributed by atoms with Gasteiger partial charge in [-0.25, -0.2) is 0 Å². The minimum atomic E-state index is 0.234. The van der Waals surface area contributed by atoms with Gasteiger partial charge in [0, 0.05) is 18.5 Å². The molecule has 1 atom stereocenters. The molecule has 0 saturated carbocycles. The summed E-state index contributed by atoms with van der Waals surface area (Å²) in [5.41, 5.74) is 1.63. The summed E-state index contributed by atoms with van der Waals surface area (Å²) in [4.78, 5) is 0. The lowest BCUT2D eigenvalue weighted by molar-refractivity contribution is 0.0796. The van der Waals surface area contributed by atoms with Crippen LogP contribution in [0.5, 0.6) is 0 Å². The largest absolute Gasteiger partial charge is 0.380 e. The van der Waals surface area contributed by atoms with E-state index in [2.05, 4.69) is 42.6 Å². The molecular formula is C13H19NO. The molecule has 0 spiro atoms. The Morgan fingerprint density at radius 3 is 2.93 bits per heavy atom. The van der Waals surface area contributed by atoms with Gasteiger partial charge in [0.2, 0.25) is 0 Å². The lowest BCUT2D eigenvalue weighted by Crippen LogP contribution is -2.34. The molecule has 82 valence electrons. The second kappa shape index (κ2) is 4.77. The fourth-order valence-electron chi connectivity index (χ4n) is 2.11. The fourth-order valence-corrected chi connectivity index (χ4v) is 2.11. The molecule has 1 aliphatic rings. The molecule has 1 fully saturated rings. The maximum absolute atomic E-state index is 5.62. The SMILES string of the molecule is CC1(Cc2ccccc2)CNCCOC1. The summed E-state index contributed by atoms with van der Waals surface area (Å²) in [5, 5.41) is 3.43. The van der Waals surface area contributed by atoms with Crippen LogP contribution < -0.4 is 5.32 Å². The zero-order valence-electron chi connectivity index (χ0n) is 9.33. The van der Waals surface area contributed by atoms with E-state index in [1.165, 1.54) is 5.56 Å². The first-order chi connectivity index (χ1) is 7.29. The first kappa shape index (κ1) is 10.7. The maximum Gasteiger partial charge on any atom is 0.0591 e. The highest BCUT2D eigenvalue weighted by Gasteiger charge is 2.26. The van der Waals surface area contributed by atoms with Crippen molar-refractivity contribution in [2.24, 2.45) is 5.41 Å². The van der Waals surface area contributed by atoms with Gasteiger partial charge < -0.3 is 10.1 Å². The highest BCUT2D eigenvalue weighted by molar-refractivity contribution is 5.16. The molecule has 1 aromatic carbocycles. The molecule has 1 unspecified atom stereocenters. The van der Waals surface area contributed by atoms with Gasteiger partial charge >= 0.3 is 0 Å². The molecule has 1 aliphatic heterocycles. The summed E-state index contributed by atoms with van der Waals surface area (Å²) in [6.45, 7) is 6.00. The van der Waals surface area contributed by atoms with Gasteiger partial charge in [-0.2, -0.15) is 0 Å². The third kappa shape index (κ3) is 3.05. The summed E-state index contributed by atoms with van der Waals surface area (Å²) in [5.74, 6) is 0. The van der Waals surface area contributed by atoms with E-state index in [4.69, 9.17) is 4.74 Å². The second-order valence-corrected chi connectivity index (χ2v) is 4.70. The molecule has 2 heteroatoms. The smallest absolute Gasteiger partial charge is 0.0591 e. The normalized spacial score (nSPS) is 27.3. The maximum atomic E-state index is 5.62. The van der Waals surface area contributed by atoms with Gasteiger partial charge in [-0.1, -0.05) is 37.3 Å². The Labute approximate surface area is 91.6 Å². The molecule has 2 nitrogen and oxygen atoms in total. The molecule has 1 heterocycles. The number of benzene rings is 1. The Balaban J connectivity index is 2.02. The van der Waals surface area contributed by atoms with Crippen LogP contribution in [0.3, 0.4) is 0 Å². The van der Waals surface area contributed by atoms with Crippen LogP contribution in [0.25, 0.3) is 0 Å². The van der Waals surface area contributed by atoms with E-state index in [0.29, 0.717) is 0 Å². The van der Waals surface area contributed by atoms with Gasteiger partial charge in [-0.05, 0) is 12.0 Å². The second-order valence-electron chi connectivity index (χ2n) is 4.70. The molecule has 1 saturated heterocycles. The van der Waals surface area contributed by atoms with Crippen LogP contribution in [0.15, 0.2) is 30.3 Å². The van der Waals surface area contributed by atoms with Gasteiger partial charge in [0.05, 0.1) is 13.2 Å². The van der Waals surface area contributed by atoms with Crippen LogP contribution in [0.1, 0.15) is 12.5 Å².